The summed E-state index contributed by atoms with van der Waals surface area (Å²) in [6.07, 6.45) is 0.266. The number of methoxy groups -OCH3 is 1. The third-order valence-corrected chi connectivity index (χ3v) is 2.32. The second-order valence-corrected chi connectivity index (χ2v) is 3.59. The van der Waals surface area contributed by atoms with Crippen molar-refractivity contribution in [1.82, 2.24) is 10.1 Å². The van der Waals surface area contributed by atoms with E-state index in [1.807, 2.05) is 24.3 Å². The van der Waals surface area contributed by atoms with Crippen molar-refractivity contribution in [3.8, 4) is 11.4 Å². The molecule has 0 radical (unpaired) electrons. The molecule has 0 unspecified atom stereocenters. The van der Waals surface area contributed by atoms with Crippen LogP contribution in [0.4, 0.5) is 0 Å². The van der Waals surface area contributed by atoms with Gasteiger partial charge in [0.2, 0.25) is 11.7 Å². The maximum atomic E-state index is 11.1. The van der Waals surface area contributed by atoms with Gasteiger partial charge < -0.3 is 9.26 Å². The highest BCUT2D eigenvalue weighted by Crippen LogP contribution is 2.16. The Kier molecular flexibility index (Phi) is 3.18. The molecule has 0 aliphatic rings. The molecule has 2 rings (SSSR count). The number of aryl methyl sites for hydroxylation is 1. The number of nitrogens with zero attached hydrogens (tertiary/aromatic N) is 2. The van der Waals surface area contributed by atoms with Gasteiger partial charge in [0.1, 0.15) is 0 Å². The van der Waals surface area contributed by atoms with Crippen LogP contribution < -0.4 is 0 Å². The van der Waals surface area contributed by atoms with Crippen molar-refractivity contribution in [2.24, 2.45) is 0 Å². The van der Waals surface area contributed by atoms with E-state index in [2.05, 4.69) is 14.9 Å². The van der Waals surface area contributed by atoms with E-state index in [1.165, 1.54) is 7.11 Å². The number of benzene rings is 1. The van der Waals surface area contributed by atoms with Crippen LogP contribution in [0.5, 0.6) is 0 Å². The van der Waals surface area contributed by atoms with Gasteiger partial charge in [-0.15, -0.1) is 0 Å². The van der Waals surface area contributed by atoms with Gasteiger partial charge in [-0.05, 0) is 5.56 Å². The van der Waals surface area contributed by atoms with Gasteiger partial charge in [0.05, 0.1) is 13.5 Å². The van der Waals surface area contributed by atoms with Gasteiger partial charge >= 0.3 is 5.97 Å². The molecular weight excluding hydrogens is 220 g/mol. The summed E-state index contributed by atoms with van der Waals surface area (Å²) in [6.45, 7) is 1.74. The lowest BCUT2D eigenvalue weighted by atomic mass is 10.1. The predicted molar refractivity (Wildman–Crippen MR) is 60.2 cm³/mol. The number of carbonyl (C=O) groups excluding carboxylic acids is 1. The van der Waals surface area contributed by atoms with E-state index < -0.39 is 0 Å². The lowest BCUT2D eigenvalue weighted by molar-refractivity contribution is -0.139. The molecule has 0 aliphatic carbocycles. The summed E-state index contributed by atoms with van der Waals surface area (Å²) in [5.74, 6) is 0.818. The molecule has 0 atom stereocenters. The standard InChI is InChI=1S/C12H12N2O3/c1-8-13-12(14-17-8)10-5-3-9(4-6-10)7-11(15)16-2/h3-6H,7H2,1-2H3. The number of esters is 1. The van der Waals surface area contributed by atoms with E-state index in [4.69, 9.17) is 4.52 Å². The normalized spacial score (nSPS) is 10.2. The number of carbonyl (C=O) groups is 1. The lowest BCUT2D eigenvalue weighted by Crippen LogP contribution is -2.04. The second-order valence-electron chi connectivity index (χ2n) is 3.59. The molecule has 5 heteroatoms. The van der Waals surface area contributed by atoms with Crippen molar-refractivity contribution < 1.29 is 14.1 Å². The zero-order chi connectivity index (χ0) is 12.3. The topological polar surface area (TPSA) is 65.2 Å². The minimum absolute atomic E-state index is 0.256. The average Bonchev–Trinajstić information content (AvgIpc) is 2.77. The van der Waals surface area contributed by atoms with E-state index in [9.17, 15) is 4.79 Å². The Bertz CT molecular complexity index is 517. The first-order valence-corrected chi connectivity index (χ1v) is 5.15. The lowest BCUT2D eigenvalue weighted by Gasteiger charge is -2.00. The van der Waals surface area contributed by atoms with Gasteiger partial charge in [-0.2, -0.15) is 4.98 Å². The zero-order valence-corrected chi connectivity index (χ0v) is 9.64. The van der Waals surface area contributed by atoms with Crippen LogP contribution in [0.1, 0.15) is 11.5 Å². The van der Waals surface area contributed by atoms with Crippen LogP contribution in [0.3, 0.4) is 0 Å². The molecule has 0 saturated carbocycles. The Morgan fingerprint density at radius 1 is 1.35 bits per heavy atom. The van der Waals surface area contributed by atoms with Crippen LogP contribution >= 0.6 is 0 Å². The molecular formula is C12H12N2O3. The zero-order valence-electron chi connectivity index (χ0n) is 9.64. The van der Waals surface area contributed by atoms with Gasteiger partial charge in [0.25, 0.3) is 0 Å². The molecule has 2 aromatic rings. The fourth-order valence-electron chi connectivity index (χ4n) is 1.43. The second kappa shape index (κ2) is 4.78. The van der Waals surface area contributed by atoms with Crippen LogP contribution in [-0.2, 0) is 16.0 Å². The third kappa shape index (κ3) is 2.69. The minimum Gasteiger partial charge on any atom is -0.469 e. The number of ether oxygens (including phenoxy) is 1. The van der Waals surface area contributed by atoms with Crippen molar-refractivity contribution in [3.05, 3.63) is 35.7 Å². The molecule has 1 aromatic heterocycles. The molecule has 0 N–H and O–H groups in total. The van der Waals surface area contributed by atoms with Crippen LogP contribution in [-0.4, -0.2) is 23.2 Å². The van der Waals surface area contributed by atoms with Gasteiger partial charge in [-0.25, -0.2) is 0 Å². The fraction of sp³-hybridized carbons (Fsp3) is 0.250. The molecule has 1 aromatic carbocycles. The Hall–Kier alpha value is -2.17. The van der Waals surface area contributed by atoms with Crippen LogP contribution in [0.15, 0.2) is 28.8 Å². The van der Waals surface area contributed by atoms with Crippen molar-refractivity contribution >= 4 is 5.97 Å². The largest absolute Gasteiger partial charge is 0.469 e. The molecule has 17 heavy (non-hydrogen) atoms. The highest BCUT2D eigenvalue weighted by atomic mass is 16.5. The van der Waals surface area contributed by atoms with Crippen LogP contribution in [0.2, 0.25) is 0 Å². The summed E-state index contributed by atoms with van der Waals surface area (Å²) < 4.78 is 9.49. The van der Waals surface area contributed by atoms with Gasteiger partial charge in [0, 0.05) is 12.5 Å². The van der Waals surface area contributed by atoms with Gasteiger partial charge in [0.15, 0.2) is 0 Å². The summed E-state index contributed by atoms with van der Waals surface area (Å²) in [5.41, 5.74) is 1.75. The quantitative estimate of drug-likeness (QED) is 0.754. The molecule has 0 bridgehead atoms. The van der Waals surface area contributed by atoms with Crippen molar-refractivity contribution in [2.45, 2.75) is 13.3 Å². The fourth-order valence-corrected chi connectivity index (χ4v) is 1.43. The maximum Gasteiger partial charge on any atom is 0.309 e. The Balaban J connectivity index is 2.15. The van der Waals surface area contributed by atoms with Crippen LogP contribution in [0, 0.1) is 6.92 Å². The summed E-state index contributed by atoms with van der Waals surface area (Å²) in [5, 5.41) is 3.82. The van der Waals surface area contributed by atoms with Gasteiger partial charge in [-0.1, -0.05) is 29.4 Å². The molecule has 0 aliphatic heterocycles. The highest BCUT2D eigenvalue weighted by Gasteiger charge is 2.07. The molecule has 0 spiro atoms. The molecule has 1 heterocycles. The third-order valence-electron chi connectivity index (χ3n) is 2.32. The number of hydrogen-bond acceptors (Lipinski definition) is 5. The first-order valence-electron chi connectivity index (χ1n) is 5.15. The molecule has 5 nitrogen and oxygen atoms in total. The van der Waals surface area contributed by atoms with Gasteiger partial charge in [-0.3, -0.25) is 4.79 Å². The minimum atomic E-state index is -0.256. The molecule has 88 valence electrons. The predicted octanol–water partition coefficient (Wildman–Crippen LogP) is 1.76. The average molecular weight is 232 g/mol. The number of rotatable bonds is 3. The Morgan fingerprint density at radius 3 is 2.59 bits per heavy atom. The highest BCUT2D eigenvalue weighted by molar-refractivity contribution is 5.72. The van der Waals surface area contributed by atoms with E-state index in [-0.39, 0.29) is 12.4 Å². The molecule has 0 amide bonds. The summed E-state index contributed by atoms with van der Waals surface area (Å²) in [7, 11) is 1.37. The molecule has 0 fully saturated rings. The SMILES string of the molecule is COC(=O)Cc1ccc(-c2noc(C)n2)cc1. The first-order chi connectivity index (χ1) is 8.19. The Labute approximate surface area is 98.4 Å². The maximum absolute atomic E-state index is 11.1. The number of aromatic nitrogens is 2. The Morgan fingerprint density at radius 2 is 2.06 bits per heavy atom. The monoisotopic (exact) mass is 232 g/mol. The van der Waals surface area contributed by atoms with Crippen molar-refractivity contribution in [2.75, 3.05) is 7.11 Å². The summed E-state index contributed by atoms with van der Waals surface area (Å²) in [4.78, 5) is 15.2. The van der Waals surface area contributed by atoms with Crippen LogP contribution in [0.25, 0.3) is 11.4 Å². The van der Waals surface area contributed by atoms with E-state index >= 15 is 0 Å². The van der Waals surface area contributed by atoms with E-state index in [1.54, 1.807) is 6.92 Å². The smallest absolute Gasteiger partial charge is 0.309 e. The van der Waals surface area contributed by atoms with E-state index in [0.717, 1.165) is 11.1 Å². The molecule has 0 saturated heterocycles. The van der Waals surface area contributed by atoms with Crippen molar-refractivity contribution in [3.63, 3.8) is 0 Å². The van der Waals surface area contributed by atoms with E-state index in [0.29, 0.717) is 11.7 Å². The van der Waals surface area contributed by atoms with Crippen molar-refractivity contribution in [1.29, 1.82) is 0 Å². The summed E-state index contributed by atoms with van der Waals surface area (Å²) >= 11 is 0. The summed E-state index contributed by atoms with van der Waals surface area (Å²) in [6, 6.07) is 7.39. The number of hydrogen-bond donors (Lipinski definition) is 0. The first kappa shape index (κ1) is 11.3.